The molecule has 0 atom stereocenters. The van der Waals surface area contributed by atoms with Crippen LogP contribution in [0.2, 0.25) is 0 Å². The number of nitrogens with one attached hydrogen (secondary N) is 1. The molecule has 3 aromatic heterocycles. The van der Waals surface area contributed by atoms with Gasteiger partial charge in [0.2, 0.25) is 0 Å². The number of oxazole rings is 1. The summed E-state index contributed by atoms with van der Waals surface area (Å²) in [7, 11) is 0. The van der Waals surface area contributed by atoms with Crippen molar-refractivity contribution in [3.8, 4) is 11.5 Å². The van der Waals surface area contributed by atoms with Crippen molar-refractivity contribution < 1.29 is 4.42 Å². The van der Waals surface area contributed by atoms with Crippen molar-refractivity contribution in [2.45, 2.75) is 6.92 Å². The molecule has 0 radical (unpaired) electrons. The van der Waals surface area contributed by atoms with Crippen LogP contribution in [0.3, 0.4) is 0 Å². The smallest absolute Gasteiger partial charge is 0.181 e. The highest BCUT2D eigenvalue weighted by molar-refractivity contribution is 5.92. The summed E-state index contributed by atoms with van der Waals surface area (Å²) in [5, 5.41) is 4.32. The van der Waals surface area contributed by atoms with Gasteiger partial charge in [-0.15, -0.1) is 0 Å². The van der Waals surface area contributed by atoms with E-state index in [2.05, 4.69) is 20.3 Å². The van der Waals surface area contributed by atoms with Crippen molar-refractivity contribution in [2.24, 2.45) is 0 Å². The van der Waals surface area contributed by atoms with Crippen LogP contribution in [-0.2, 0) is 0 Å². The molecule has 0 unspecified atom stereocenters. The van der Waals surface area contributed by atoms with Crippen molar-refractivity contribution >= 4 is 33.5 Å². The standard InChI is InChI=1S/C21H15N5O/c1-13-5-4-8-18(23-13)21-25-16-7-3-2-6-15(16)20(26-21)24-14-9-10-17-19(11-14)27-12-22-17/h2-12H,1H3,(H,24,25,26). The summed E-state index contributed by atoms with van der Waals surface area (Å²) in [4.78, 5) is 18.1. The molecule has 5 rings (SSSR count). The molecule has 0 fully saturated rings. The van der Waals surface area contributed by atoms with Crippen molar-refractivity contribution in [2.75, 3.05) is 5.32 Å². The largest absolute Gasteiger partial charge is 0.443 e. The predicted octanol–water partition coefficient (Wildman–Crippen LogP) is 4.89. The Morgan fingerprint density at radius 3 is 2.70 bits per heavy atom. The quantitative estimate of drug-likeness (QED) is 0.498. The van der Waals surface area contributed by atoms with E-state index in [1.54, 1.807) is 0 Å². The van der Waals surface area contributed by atoms with Crippen LogP contribution >= 0.6 is 0 Å². The monoisotopic (exact) mass is 353 g/mol. The minimum absolute atomic E-state index is 0.584. The van der Waals surface area contributed by atoms with E-state index in [1.807, 2.05) is 67.6 Å². The molecular weight excluding hydrogens is 338 g/mol. The molecule has 0 saturated heterocycles. The highest BCUT2D eigenvalue weighted by atomic mass is 16.3. The Morgan fingerprint density at radius 2 is 1.78 bits per heavy atom. The maximum atomic E-state index is 5.40. The number of nitrogens with zero attached hydrogens (tertiary/aromatic N) is 4. The summed E-state index contributed by atoms with van der Waals surface area (Å²) in [6, 6.07) is 19.5. The van der Waals surface area contributed by atoms with Crippen LogP contribution in [0.25, 0.3) is 33.5 Å². The van der Waals surface area contributed by atoms with Crippen LogP contribution < -0.4 is 5.32 Å². The summed E-state index contributed by atoms with van der Waals surface area (Å²) in [5.41, 5.74) is 4.93. The van der Waals surface area contributed by atoms with Gasteiger partial charge < -0.3 is 9.73 Å². The van der Waals surface area contributed by atoms with Crippen LogP contribution in [0, 0.1) is 6.92 Å². The summed E-state index contributed by atoms with van der Waals surface area (Å²) < 4.78 is 5.40. The third kappa shape index (κ3) is 2.87. The van der Waals surface area contributed by atoms with Gasteiger partial charge in [0.1, 0.15) is 17.0 Å². The molecule has 0 bridgehead atoms. The second kappa shape index (κ2) is 6.17. The maximum absolute atomic E-state index is 5.40. The fourth-order valence-corrected chi connectivity index (χ4v) is 3.02. The molecule has 2 aromatic carbocycles. The van der Waals surface area contributed by atoms with E-state index in [9.17, 15) is 0 Å². The zero-order valence-corrected chi connectivity index (χ0v) is 14.5. The van der Waals surface area contributed by atoms with Crippen molar-refractivity contribution in [3.63, 3.8) is 0 Å². The van der Waals surface area contributed by atoms with Gasteiger partial charge in [-0.1, -0.05) is 18.2 Å². The van der Waals surface area contributed by atoms with Gasteiger partial charge in [-0.25, -0.2) is 19.9 Å². The Balaban J connectivity index is 1.65. The van der Waals surface area contributed by atoms with Gasteiger partial charge in [0.15, 0.2) is 17.8 Å². The topological polar surface area (TPSA) is 76.7 Å². The Bertz CT molecular complexity index is 1280. The van der Waals surface area contributed by atoms with Gasteiger partial charge in [0.25, 0.3) is 0 Å². The first kappa shape index (κ1) is 15.5. The van der Waals surface area contributed by atoms with E-state index in [0.29, 0.717) is 5.82 Å². The summed E-state index contributed by atoms with van der Waals surface area (Å²) in [6.45, 7) is 1.95. The number of rotatable bonds is 3. The molecule has 3 heterocycles. The van der Waals surface area contributed by atoms with E-state index in [-0.39, 0.29) is 0 Å². The van der Waals surface area contributed by atoms with Crippen LogP contribution in [0.1, 0.15) is 5.69 Å². The molecule has 5 aromatic rings. The third-order valence-electron chi connectivity index (χ3n) is 4.31. The minimum atomic E-state index is 0.584. The number of aromatic nitrogens is 4. The van der Waals surface area contributed by atoms with Crippen molar-refractivity contribution in [1.29, 1.82) is 0 Å². The molecular formula is C21H15N5O. The highest BCUT2D eigenvalue weighted by Gasteiger charge is 2.11. The molecule has 0 aliphatic rings. The molecule has 130 valence electrons. The normalized spacial score (nSPS) is 11.1. The van der Waals surface area contributed by atoms with E-state index >= 15 is 0 Å². The van der Waals surface area contributed by atoms with Crippen molar-refractivity contribution in [1.82, 2.24) is 19.9 Å². The zero-order chi connectivity index (χ0) is 18.2. The number of anilines is 2. The lowest BCUT2D eigenvalue weighted by Gasteiger charge is -2.11. The maximum Gasteiger partial charge on any atom is 0.181 e. The molecule has 1 N–H and O–H groups in total. The number of fused-ring (bicyclic) bond motifs is 2. The minimum Gasteiger partial charge on any atom is -0.443 e. The second-order valence-electron chi connectivity index (χ2n) is 6.24. The first-order chi connectivity index (χ1) is 13.3. The predicted molar refractivity (Wildman–Crippen MR) is 105 cm³/mol. The van der Waals surface area contributed by atoms with Gasteiger partial charge in [-0.2, -0.15) is 0 Å². The Labute approximate surface area is 154 Å². The number of benzene rings is 2. The van der Waals surface area contributed by atoms with E-state index < -0.39 is 0 Å². The van der Waals surface area contributed by atoms with E-state index in [4.69, 9.17) is 9.40 Å². The SMILES string of the molecule is Cc1cccc(-c2nc(Nc3ccc4ncoc4c3)c3ccccc3n2)n1. The number of para-hydroxylation sites is 1. The van der Waals surface area contributed by atoms with Gasteiger partial charge >= 0.3 is 0 Å². The lowest BCUT2D eigenvalue weighted by atomic mass is 10.2. The van der Waals surface area contributed by atoms with Crippen molar-refractivity contribution in [3.05, 3.63) is 72.8 Å². The second-order valence-corrected chi connectivity index (χ2v) is 6.24. The van der Waals surface area contributed by atoms with Gasteiger partial charge in [0.05, 0.1) is 5.52 Å². The number of pyridine rings is 1. The molecule has 0 spiro atoms. The molecule has 0 aliphatic heterocycles. The fourth-order valence-electron chi connectivity index (χ4n) is 3.02. The average molecular weight is 353 g/mol. The van der Waals surface area contributed by atoms with E-state index in [0.717, 1.165) is 44.9 Å². The Kier molecular flexibility index (Phi) is 3.53. The van der Waals surface area contributed by atoms with E-state index in [1.165, 1.54) is 6.39 Å². The van der Waals surface area contributed by atoms with Gasteiger partial charge in [-0.05, 0) is 43.3 Å². The summed E-state index contributed by atoms with van der Waals surface area (Å²) in [5.74, 6) is 1.30. The molecule has 6 nitrogen and oxygen atoms in total. The first-order valence-electron chi connectivity index (χ1n) is 8.57. The van der Waals surface area contributed by atoms with Crippen LogP contribution in [0.5, 0.6) is 0 Å². The average Bonchev–Trinajstić information content (AvgIpc) is 3.16. The fraction of sp³-hybridized carbons (Fsp3) is 0.0476. The molecule has 6 heteroatoms. The zero-order valence-electron chi connectivity index (χ0n) is 14.5. The molecule has 0 amide bonds. The lowest BCUT2D eigenvalue weighted by Crippen LogP contribution is -2.00. The summed E-state index contributed by atoms with van der Waals surface area (Å²) >= 11 is 0. The third-order valence-corrected chi connectivity index (χ3v) is 4.31. The number of hydrogen-bond donors (Lipinski definition) is 1. The Morgan fingerprint density at radius 1 is 0.852 bits per heavy atom. The van der Waals surface area contributed by atoms with Crippen LogP contribution in [-0.4, -0.2) is 19.9 Å². The number of hydrogen-bond acceptors (Lipinski definition) is 6. The molecule has 0 saturated carbocycles. The van der Waals surface area contributed by atoms with Crippen LogP contribution in [0.15, 0.2) is 71.5 Å². The van der Waals surface area contributed by atoms with Crippen LogP contribution in [0.4, 0.5) is 11.5 Å². The summed E-state index contributed by atoms with van der Waals surface area (Å²) in [6.07, 6.45) is 1.44. The first-order valence-corrected chi connectivity index (χ1v) is 8.57. The van der Waals surface area contributed by atoms with Gasteiger partial charge in [0, 0.05) is 22.8 Å². The van der Waals surface area contributed by atoms with Gasteiger partial charge in [-0.3, -0.25) is 0 Å². The highest BCUT2D eigenvalue weighted by Crippen LogP contribution is 2.28. The molecule has 0 aliphatic carbocycles. The Hall–Kier alpha value is -3.80. The lowest BCUT2D eigenvalue weighted by molar-refractivity contribution is 0.602. The number of aryl methyl sites for hydroxylation is 1. The molecule has 27 heavy (non-hydrogen) atoms.